The lowest BCUT2D eigenvalue weighted by Crippen LogP contribution is -2.09. The third-order valence-electron chi connectivity index (χ3n) is 1.74. The lowest BCUT2D eigenvalue weighted by atomic mass is 10.1. The second-order valence-electron chi connectivity index (χ2n) is 2.65. The summed E-state index contributed by atoms with van der Waals surface area (Å²) in [7, 11) is 0. The van der Waals surface area contributed by atoms with E-state index in [1.807, 2.05) is 12.1 Å². The fourth-order valence-electron chi connectivity index (χ4n) is 1.01. The first kappa shape index (κ1) is 10.8. The molecule has 0 fully saturated rings. The van der Waals surface area contributed by atoms with Crippen LogP contribution in [0.3, 0.4) is 0 Å². The summed E-state index contributed by atoms with van der Waals surface area (Å²) in [5.41, 5.74) is 13.2. The van der Waals surface area contributed by atoms with Gasteiger partial charge in [0.1, 0.15) is 0 Å². The van der Waals surface area contributed by atoms with Gasteiger partial charge in [0, 0.05) is 15.0 Å². The Kier molecular flexibility index (Phi) is 3.53. The predicted molar refractivity (Wildman–Crippen MR) is 63.4 cm³/mol. The monoisotopic (exact) mass is 304 g/mol. The fraction of sp³-hybridized carbons (Fsp3) is 0.111. The average molecular weight is 306 g/mol. The van der Waals surface area contributed by atoms with Crippen LogP contribution in [0, 0.1) is 0 Å². The Morgan fingerprint density at radius 1 is 1.38 bits per heavy atom. The van der Waals surface area contributed by atoms with Crippen LogP contribution in [0.2, 0.25) is 0 Å². The van der Waals surface area contributed by atoms with Crippen LogP contribution in [0.25, 0.3) is 0 Å². The van der Waals surface area contributed by atoms with Crippen molar-refractivity contribution in [2.45, 2.75) is 6.04 Å². The molecule has 1 atom stereocenters. The maximum Gasteiger partial charge on any atom is 0.0510 e. The van der Waals surface area contributed by atoms with Crippen molar-refractivity contribution >= 4 is 37.5 Å². The average Bonchev–Trinajstić information content (AvgIpc) is 2.10. The van der Waals surface area contributed by atoms with Gasteiger partial charge in [-0.25, -0.2) is 0 Å². The Morgan fingerprint density at radius 3 is 2.54 bits per heavy atom. The maximum atomic E-state index is 5.83. The minimum atomic E-state index is -0.228. The number of halogens is 2. The zero-order valence-electron chi connectivity index (χ0n) is 6.93. The van der Waals surface area contributed by atoms with E-state index in [1.165, 1.54) is 0 Å². The largest absolute Gasteiger partial charge is 0.398 e. The van der Waals surface area contributed by atoms with E-state index in [4.69, 9.17) is 11.5 Å². The minimum absolute atomic E-state index is 0.228. The molecular weight excluding hydrogens is 296 g/mol. The maximum absolute atomic E-state index is 5.83. The highest BCUT2D eigenvalue weighted by atomic mass is 79.9. The fourth-order valence-corrected chi connectivity index (χ4v) is 2.27. The van der Waals surface area contributed by atoms with Crippen LogP contribution in [-0.2, 0) is 0 Å². The number of hydrogen-bond donors (Lipinski definition) is 2. The third kappa shape index (κ3) is 2.33. The molecule has 0 aliphatic rings. The quantitative estimate of drug-likeness (QED) is 0.652. The van der Waals surface area contributed by atoms with Gasteiger partial charge in [-0.3, -0.25) is 0 Å². The van der Waals surface area contributed by atoms with Crippen LogP contribution >= 0.6 is 31.9 Å². The van der Waals surface area contributed by atoms with E-state index in [1.54, 1.807) is 6.08 Å². The molecule has 0 heterocycles. The number of nitrogens with two attached hydrogens (primary N) is 2. The van der Waals surface area contributed by atoms with Gasteiger partial charge in [0.15, 0.2) is 0 Å². The molecule has 0 bridgehead atoms. The number of hydrogen-bond acceptors (Lipinski definition) is 2. The lowest BCUT2D eigenvalue weighted by molar-refractivity contribution is 0.916. The molecule has 0 saturated heterocycles. The molecule has 0 saturated carbocycles. The van der Waals surface area contributed by atoms with E-state index in [2.05, 4.69) is 38.4 Å². The summed E-state index contributed by atoms with van der Waals surface area (Å²) in [5, 5.41) is 0. The second-order valence-corrected chi connectivity index (χ2v) is 4.42. The molecule has 1 rings (SSSR count). The minimum Gasteiger partial charge on any atom is -0.398 e. The van der Waals surface area contributed by atoms with Gasteiger partial charge >= 0.3 is 0 Å². The first-order valence-corrected chi connectivity index (χ1v) is 5.27. The molecule has 0 spiro atoms. The molecule has 70 valence electrons. The topological polar surface area (TPSA) is 52.0 Å². The molecule has 4 N–H and O–H groups in total. The Hall–Kier alpha value is -0.320. The van der Waals surface area contributed by atoms with E-state index in [0.717, 1.165) is 14.5 Å². The summed E-state index contributed by atoms with van der Waals surface area (Å²) in [5.74, 6) is 0. The van der Waals surface area contributed by atoms with E-state index < -0.39 is 0 Å². The van der Waals surface area contributed by atoms with Crippen molar-refractivity contribution in [1.82, 2.24) is 0 Å². The molecule has 1 aromatic rings. The highest BCUT2D eigenvalue weighted by Crippen LogP contribution is 2.31. The summed E-state index contributed by atoms with van der Waals surface area (Å²) in [6.07, 6.45) is 1.66. The van der Waals surface area contributed by atoms with Crippen molar-refractivity contribution in [2.24, 2.45) is 5.73 Å². The van der Waals surface area contributed by atoms with Gasteiger partial charge in [0.25, 0.3) is 0 Å². The third-order valence-corrected chi connectivity index (χ3v) is 2.85. The van der Waals surface area contributed by atoms with Gasteiger partial charge in [-0.05, 0) is 33.6 Å². The van der Waals surface area contributed by atoms with Gasteiger partial charge in [-0.15, -0.1) is 6.58 Å². The highest BCUT2D eigenvalue weighted by molar-refractivity contribution is 9.11. The van der Waals surface area contributed by atoms with Gasteiger partial charge in [0.2, 0.25) is 0 Å². The number of anilines is 1. The number of rotatable bonds is 2. The summed E-state index contributed by atoms with van der Waals surface area (Å²) >= 11 is 6.72. The van der Waals surface area contributed by atoms with Crippen LogP contribution in [0.15, 0.2) is 33.7 Å². The first-order chi connectivity index (χ1) is 6.06. The van der Waals surface area contributed by atoms with Crippen LogP contribution in [0.5, 0.6) is 0 Å². The van der Waals surface area contributed by atoms with Crippen molar-refractivity contribution in [2.75, 3.05) is 5.73 Å². The predicted octanol–water partition coefficient (Wildman–Crippen LogP) is 2.98. The summed E-state index contributed by atoms with van der Waals surface area (Å²) in [6.45, 7) is 3.63. The molecule has 0 radical (unpaired) electrons. The van der Waals surface area contributed by atoms with Crippen LogP contribution < -0.4 is 11.5 Å². The molecule has 0 amide bonds. The lowest BCUT2D eigenvalue weighted by Gasteiger charge is -2.12. The van der Waals surface area contributed by atoms with E-state index in [9.17, 15) is 0 Å². The zero-order chi connectivity index (χ0) is 10.0. The van der Waals surface area contributed by atoms with Crippen molar-refractivity contribution < 1.29 is 0 Å². The molecule has 0 aromatic heterocycles. The van der Waals surface area contributed by atoms with E-state index in [0.29, 0.717) is 5.69 Å². The second kappa shape index (κ2) is 4.26. The standard InChI is InChI=1S/C9H10Br2N2/c1-2-8(12)6-3-5(10)4-7(11)9(6)13/h2-4,8H,1,12-13H2/t8-/m0/s1. The van der Waals surface area contributed by atoms with Crippen molar-refractivity contribution in [3.8, 4) is 0 Å². The van der Waals surface area contributed by atoms with Gasteiger partial charge < -0.3 is 11.5 Å². The van der Waals surface area contributed by atoms with Crippen molar-refractivity contribution in [3.05, 3.63) is 39.3 Å². The Morgan fingerprint density at radius 2 is 2.00 bits per heavy atom. The van der Waals surface area contributed by atoms with Crippen LogP contribution in [-0.4, -0.2) is 0 Å². The van der Waals surface area contributed by atoms with Crippen LogP contribution in [0.1, 0.15) is 11.6 Å². The Balaban J connectivity index is 3.27. The molecule has 1 aromatic carbocycles. The number of nitrogen functional groups attached to an aromatic ring is 1. The number of benzene rings is 1. The normalized spacial score (nSPS) is 12.5. The molecule has 0 aliphatic heterocycles. The van der Waals surface area contributed by atoms with Crippen molar-refractivity contribution in [3.63, 3.8) is 0 Å². The van der Waals surface area contributed by atoms with Gasteiger partial charge in [-0.1, -0.05) is 22.0 Å². The van der Waals surface area contributed by atoms with Gasteiger partial charge in [0.05, 0.1) is 5.69 Å². The summed E-state index contributed by atoms with van der Waals surface area (Å²) in [4.78, 5) is 0. The first-order valence-electron chi connectivity index (χ1n) is 3.68. The zero-order valence-corrected chi connectivity index (χ0v) is 10.1. The molecular formula is C9H10Br2N2. The molecule has 0 aliphatic carbocycles. The SMILES string of the molecule is C=C[C@H](N)c1cc(Br)cc(Br)c1N. The summed E-state index contributed by atoms with van der Waals surface area (Å²) in [6, 6.07) is 3.55. The molecule has 0 unspecified atom stereocenters. The van der Waals surface area contributed by atoms with Crippen LogP contribution in [0.4, 0.5) is 5.69 Å². The van der Waals surface area contributed by atoms with E-state index >= 15 is 0 Å². The highest BCUT2D eigenvalue weighted by Gasteiger charge is 2.09. The summed E-state index contributed by atoms with van der Waals surface area (Å²) < 4.78 is 1.79. The smallest absolute Gasteiger partial charge is 0.0510 e. The van der Waals surface area contributed by atoms with E-state index in [-0.39, 0.29) is 6.04 Å². The molecule has 4 heteroatoms. The van der Waals surface area contributed by atoms with Gasteiger partial charge in [-0.2, -0.15) is 0 Å². The molecule has 13 heavy (non-hydrogen) atoms. The molecule has 2 nitrogen and oxygen atoms in total. The Labute approximate surface area is 94.3 Å². The van der Waals surface area contributed by atoms with Crippen molar-refractivity contribution in [1.29, 1.82) is 0 Å². The Bertz CT molecular complexity index is 337.